The summed E-state index contributed by atoms with van der Waals surface area (Å²) in [4.78, 5) is 34.1. The number of carbonyl (C=O) groups excluding carboxylic acids is 2. The van der Waals surface area contributed by atoms with Gasteiger partial charge in [0.15, 0.2) is 6.10 Å². The van der Waals surface area contributed by atoms with Gasteiger partial charge < -0.3 is 10.1 Å². The molecule has 1 aliphatic rings. The fraction of sp³-hybridized carbons (Fsp3) is 0.429. The van der Waals surface area contributed by atoms with Crippen molar-refractivity contribution in [3.8, 4) is 0 Å². The summed E-state index contributed by atoms with van der Waals surface area (Å²) in [7, 11) is 0. The highest BCUT2D eigenvalue weighted by Gasteiger charge is 2.69. The van der Waals surface area contributed by atoms with Crippen molar-refractivity contribution in [3.05, 3.63) is 34.4 Å². The number of benzene rings is 1. The minimum Gasteiger partial charge on any atom is -0.452 e. The van der Waals surface area contributed by atoms with E-state index in [1.165, 1.54) is 31.2 Å². The standard InChI is InChI=1S/C14H14Cl2N2O5/c1-8(23-12(20)13(2)7-14(13,15)16)11(19)17-9-4-3-5-10(6-9)18(21)22/h3-6,8H,7H2,1-2H3,(H,17,19). The molecule has 1 amide bonds. The molecule has 0 aromatic heterocycles. The Hall–Kier alpha value is -1.86. The maximum absolute atomic E-state index is 12.0. The number of ether oxygens (including phenoxy) is 1. The Bertz CT molecular complexity index is 679. The van der Waals surface area contributed by atoms with Crippen molar-refractivity contribution in [2.24, 2.45) is 5.41 Å². The minimum atomic E-state index is -1.18. The molecule has 0 aliphatic heterocycles. The van der Waals surface area contributed by atoms with Gasteiger partial charge in [0.1, 0.15) is 9.75 Å². The molecule has 0 saturated heterocycles. The van der Waals surface area contributed by atoms with Gasteiger partial charge in [-0.2, -0.15) is 0 Å². The molecule has 0 spiro atoms. The molecule has 23 heavy (non-hydrogen) atoms. The third kappa shape index (κ3) is 3.56. The van der Waals surface area contributed by atoms with Crippen LogP contribution in [0.1, 0.15) is 20.3 Å². The monoisotopic (exact) mass is 360 g/mol. The smallest absolute Gasteiger partial charge is 0.315 e. The molecule has 1 saturated carbocycles. The van der Waals surface area contributed by atoms with Crippen LogP contribution < -0.4 is 5.32 Å². The van der Waals surface area contributed by atoms with E-state index in [0.717, 1.165) is 0 Å². The first-order valence-corrected chi connectivity index (χ1v) is 7.47. The molecular weight excluding hydrogens is 347 g/mol. The van der Waals surface area contributed by atoms with Crippen LogP contribution in [0.2, 0.25) is 0 Å². The van der Waals surface area contributed by atoms with Crippen LogP contribution in [0.25, 0.3) is 0 Å². The average molecular weight is 361 g/mol. The Morgan fingerprint density at radius 2 is 2.04 bits per heavy atom. The van der Waals surface area contributed by atoms with Crippen LogP contribution in [0.15, 0.2) is 24.3 Å². The number of esters is 1. The zero-order valence-electron chi connectivity index (χ0n) is 12.3. The number of rotatable bonds is 5. The second-order valence-corrected chi connectivity index (χ2v) is 7.04. The molecule has 0 bridgehead atoms. The summed E-state index contributed by atoms with van der Waals surface area (Å²) >= 11 is 11.8. The minimum absolute atomic E-state index is 0.160. The Labute approximate surface area is 142 Å². The Balaban J connectivity index is 1.97. The van der Waals surface area contributed by atoms with Gasteiger partial charge in [0, 0.05) is 24.2 Å². The molecule has 1 aromatic carbocycles. The van der Waals surface area contributed by atoms with Gasteiger partial charge in [-0.05, 0) is 19.9 Å². The molecule has 9 heteroatoms. The Kier molecular flexibility index (Phi) is 4.54. The van der Waals surface area contributed by atoms with Gasteiger partial charge in [0.2, 0.25) is 0 Å². The molecule has 0 heterocycles. The molecule has 1 aromatic rings. The maximum Gasteiger partial charge on any atom is 0.315 e. The number of hydrogen-bond acceptors (Lipinski definition) is 5. The van der Waals surface area contributed by atoms with Gasteiger partial charge >= 0.3 is 5.97 Å². The van der Waals surface area contributed by atoms with Crippen molar-refractivity contribution in [1.29, 1.82) is 0 Å². The van der Waals surface area contributed by atoms with Crippen molar-refractivity contribution >= 4 is 46.5 Å². The molecule has 1 aliphatic carbocycles. The summed E-state index contributed by atoms with van der Waals surface area (Å²) in [6, 6.07) is 5.43. The number of nitro benzene ring substituents is 1. The van der Waals surface area contributed by atoms with Crippen LogP contribution in [0.4, 0.5) is 11.4 Å². The first-order chi connectivity index (χ1) is 10.6. The molecule has 124 valence electrons. The number of nitrogens with zero attached hydrogens (tertiary/aromatic N) is 1. The van der Waals surface area contributed by atoms with E-state index in [1.807, 2.05) is 0 Å². The predicted molar refractivity (Wildman–Crippen MR) is 84.4 cm³/mol. The Morgan fingerprint density at radius 3 is 2.57 bits per heavy atom. The summed E-state index contributed by atoms with van der Waals surface area (Å²) < 4.78 is 3.89. The molecule has 1 N–H and O–H groups in total. The van der Waals surface area contributed by atoms with Crippen molar-refractivity contribution in [2.45, 2.75) is 30.7 Å². The second-order valence-electron chi connectivity index (χ2n) is 5.56. The molecule has 2 rings (SSSR count). The van der Waals surface area contributed by atoms with Crippen LogP contribution in [-0.2, 0) is 14.3 Å². The summed E-state index contributed by atoms with van der Waals surface area (Å²) in [6.45, 7) is 2.95. The molecular formula is C14H14Cl2N2O5. The van der Waals surface area contributed by atoms with E-state index < -0.39 is 32.7 Å². The molecule has 7 nitrogen and oxygen atoms in total. The van der Waals surface area contributed by atoms with Gasteiger partial charge in [-0.15, -0.1) is 23.2 Å². The number of hydrogen-bond donors (Lipinski definition) is 1. The fourth-order valence-electron chi connectivity index (χ4n) is 1.91. The average Bonchev–Trinajstić information content (AvgIpc) is 2.99. The van der Waals surface area contributed by atoms with E-state index in [4.69, 9.17) is 27.9 Å². The lowest BCUT2D eigenvalue weighted by molar-refractivity contribution is -0.384. The predicted octanol–water partition coefficient (Wildman–Crippen LogP) is 3.05. The third-order valence-electron chi connectivity index (χ3n) is 3.69. The van der Waals surface area contributed by atoms with Gasteiger partial charge in [-0.3, -0.25) is 19.7 Å². The molecule has 2 unspecified atom stereocenters. The lowest BCUT2D eigenvalue weighted by atomic mass is 10.1. The number of amides is 1. The molecule has 2 atom stereocenters. The number of nitro groups is 1. The SMILES string of the molecule is CC(OC(=O)C1(C)CC1(Cl)Cl)C(=O)Nc1cccc([N+](=O)[O-])c1. The number of nitrogens with one attached hydrogen (secondary N) is 1. The molecule has 1 fully saturated rings. The number of alkyl halides is 2. The van der Waals surface area contributed by atoms with Gasteiger partial charge in [-0.1, -0.05) is 6.07 Å². The van der Waals surface area contributed by atoms with Crippen LogP contribution >= 0.6 is 23.2 Å². The van der Waals surface area contributed by atoms with E-state index in [9.17, 15) is 19.7 Å². The van der Waals surface area contributed by atoms with E-state index in [1.54, 1.807) is 6.92 Å². The highest BCUT2D eigenvalue weighted by Crippen LogP contribution is 2.64. The topological polar surface area (TPSA) is 98.5 Å². The van der Waals surface area contributed by atoms with Crippen LogP contribution in [0.5, 0.6) is 0 Å². The van der Waals surface area contributed by atoms with Crippen LogP contribution in [0.3, 0.4) is 0 Å². The normalized spacial score (nSPS) is 22.8. The lowest BCUT2D eigenvalue weighted by Gasteiger charge is -2.17. The van der Waals surface area contributed by atoms with E-state index in [0.29, 0.717) is 0 Å². The molecule has 0 radical (unpaired) electrons. The summed E-state index contributed by atoms with van der Waals surface area (Å²) in [5.41, 5.74) is -0.961. The van der Waals surface area contributed by atoms with E-state index >= 15 is 0 Å². The van der Waals surface area contributed by atoms with Gasteiger partial charge in [-0.25, -0.2) is 0 Å². The highest BCUT2D eigenvalue weighted by atomic mass is 35.5. The summed E-state index contributed by atoms with van der Waals surface area (Å²) in [5.74, 6) is -1.28. The maximum atomic E-state index is 12.0. The number of anilines is 1. The van der Waals surface area contributed by atoms with Crippen molar-refractivity contribution in [1.82, 2.24) is 0 Å². The second kappa shape index (κ2) is 5.98. The van der Waals surface area contributed by atoms with Crippen LogP contribution in [-0.4, -0.2) is 27.2 Å². The van der Waals surface area contributed by atoms with E-state index in [-0.39, 0.29) is 17.8 Å². The number of non-ortho nitro benzene ring substituents is 1. The lowest BCUT2D eigenvalue weighted by Crippen LogP contribution is -2.33. The summed E-state index contributed by atoms with van der Waals surface area (Å²) in [5, 5.41) is 13.1. The zero-order chi connectivity index (χ0) is 17.4. The van der Waals surface area contributed by atoms with Gasteiger partial charge in [0.05, 0.1) is 4.92 Å². The Morgan fingerprint density at radius 1 is 1.43 bits per heavy atom. The quantitative estimate of drug-likeness (QED) is 0.376. The zero-order valence-corrected chi connectivity index (χ0v) is 13.9. The summed E-state index contributed by atoms with van der Waals surface area (Å²) in [6.07, 6.45) is -0.843. The van der Waals surface area contributed by atoms with Gasteiger partial charge in [0.25, 0.3) is 11.6 Å². The first kappa shape index (κ1) is 17.5. The van der Waals surface area contributed by atoms with Crippen molar-refractivity contribution in [2.75, 3.05) is 5.32 Å². The number of carbonyl (C=O) groups is 2. The van der Waals surface area contributed by atoms with E-state index in [2.05, 4.69) is 5.32 Å². The third-order valence-corrected chi connectivity index (χ3v) is 4.79. The fourth-order valence-corrected chi connectivity index (χ4v) is 2.60. The van der Waals surface area contributed by atoms with Crippen molar-refractivity contribution in [3.63, 3.8) is 0 Å². The first-order valence-electron chi connectivity index (χ1n) is 6.71. The largest absolute Gasteiger partial charge is 0.452 e. The van der Waals surface area contributed by atoms with Crippen molar-refractivity contribution < 1.29 is 19.2 Å². The number of halogens is 2. The van der Waals surface area contributed by atoms with Crippen LogP contribution in [0, 0.1) is 15.5 Å². The highest BCUT2D eigenvalue weighted by molar-refractivity contribution is 6.53.